The molecular weight excluding hydrogens is 669 g/mol. The number of anilines is 5. The summed E-state index contributed by atoms with van der Waals surface area (Å²) in [5.74, 6) is 0. The number of rotatable bonds is 2. The van der Waals surface area contributed by atoms with Crippen LogP contribution in [0.3, 0.4) is 0 Å². The maximum absolute atomic E-state index is 4.22. The largest absolute Gasteiger partial charge is 3.00 e. The van der Waals surface area contributed by atoms with Gasteiger partial charge in [-0.1, -0.05) is 61.3 Å². The van der Waals surface area contributed by atoms with Gasteiger partial charge >= 0.3 is 20.1 Å². The zero-order chi connectivity index (χ0) is 26.2. The van der Waals surface area contributed by atoms with E-state index in [1.807, 2.05) is 42.5 Å². The summed E-state index contributed by atoms with van der Waals surface area (Å²) < 4.78 is 0. The number of nitrogens with zero attached hydrogens (tertiary/aromatic N) is 4. The third-order valence-corrected chi connectivity index (χ3v) is 8.11. The normalized spacial score (nSPS) is 15.6. The minimum atomic E-state index is 0. The van der Waals surface area contributed by atoms with Gasteiger partial charge in [-0.05, 0) is 49.5 Å². The predicted molar refractivity (Wildman–Crippen MR) is 162 cm³/mol. The van der Waals surface area contributed by atoms with Gasteiger partial charge in [0.05, 0.1) is 11.4 Å². The van der Waals surface area contributed by atoms with Crippen molar-refractivity contribution in [1.82, 2.24) is 4.98 Å². The summed E-state index contributed by atoms with van der Waals surface area (Å²) >= 11 is 0. The van der Waals surface area contributed by atoms with Crippen molar-refractivity contribution in [3.05, 3.63) is 116 Å². The molecular formula is C35H31IrN4. The molecule has 5 aromatic rings. The van der Waals surface area contributed by atoms with E-state index < -0.39 is 0 Å². The van der Waals surface area contributed by atoms with Gasteiger partial charge in [-0.3, -0.25) is 0 Å². The summed E-state index contributed by atoms with van der Waals surface area (Å²) in [4.78, 5) is 11.5. The Morgan fingerprint density at radius 2 is 1.60 bits per heavy atom. The molecule has 0 spiro atoms. The standard InChI is InChI=1S/C24H23N3.C11H8N.Ir/c1-25-20-12-7-13-21-24(20)27(16-26(21)18-9-3-2-4-10-18)22-15-14-17-8-5-6-11-19(17)23(22)25;1-2-6-10(7-3-1)11-8-4-5-9-12-11;/h5-8,11-14,16,18H,2-4,9-10H2,1H3;1-6,8-9H;/q-2;-1;+3. The molecule has 3 aliphatic rings. The van der Waals surface area contributed by atoms with Crippen LogP contribution in [-0.2, 0) is 20.1 Å². The Balaban J connectivity index is 0.000000188. The van der Waals surface area contributed by atoms with E-state index in [4.69, 9.17) is 0 Å². The van der Waals surface area contributed by atoms with Crippen LogP contribution in [0.15, 0.2) is 97.2 Å². The first-order valence-electron chi connectivity index (χ1n) is 13.9. The fourth-order valence-corrected chi connectivity index (χ4v) is 6.21. The Labute approximate surface area is 250 Å². The Bertz CT molecular complexity index is 1560. The number of para-hydroxylation sites is 1. The van der Waals surface area contributed by atoms with Crippen LogP contribution in [-0.4, -0.2) is 18.1 Å². The monoisotopic (exact) mass is 700 g/mol. The Hall–Kier alpha value is -3.66. The maximum atomic E-state index is 4.22. The van der Waals surface area contributed by atoms with Crippen LogP contribution in [0, 0.1) is 18.8 Å². The molecule has 40 heavy (non-hydrogen) atoms. The first-order valence-corrected chi connectivity index (χ1v) is 13.9. The maximum Gasteiger partial charge on any atom is 3.00 e. The molecule has 5 heteroatoms. The molecule has 0 bridgehead atoms. The minimum Gasteiger partial charge on any atom is -0.499 e. The number of aromatic nitrogens is 1. The van der Waals surface area contributed by atoms with E-state index in [1.54, 1.807) is 6.20 Å². The molecule has 2 aliphatic heterocycles. The van der Waals surface area contributed by atoms with Gasteiger partial charge in [-0.25, -0.2) is 0 Å². The molecule has 4 aromatic carbocycles. The smallest absolute Gasteiger partial charge is 0.499 e. The molecule has 1 aromatic heterocycles. The van der Waals surface area contributed by atoms with Gasteiger partial charge in [0, 0.05) is 17.9 Å². The molecule has 0 unspecified atom stereocenters. The van der Waals surface area contributed by atoms with Gasteiger partial charge in [0.2, 0.25) is 0 Å². The molecule has 0 N–H and O–H groups in total. The molecule has 1 aliphatic carbocycles. The van der Waals surface area contributed by atoms with Crippen LogP contribution in [0.1, 0.15) is 32.1 Å². The van der Waals surface area contributed by atoms with Crippen molar-refractivity contribution in [3.63, 3.8) is 0 Å². The Morgan fingerprint density at radius 3 is 2.40 bits per heavy atom. The second-order valence-electron chi connectivity index (χ2n) is 10.5. The van der Waals surface area contributed by atoms with Crippen molar-refractivity contribution >= 4 is 39.2 Å². The van der Waals surface area contributed by atoms with E-state index in [0.29, 0.717) is 6.04 Å². The van der Waals surface area contributed by atoms with Gasteiger partial charge in [0.1, 0.15) is 0 Å². The van der Waals surface area contributed by atoms with E-state index in [1.165, 1.54) is 65.6 Å². The number of hydrogen-bond acceptors (Lipinski definition) is 4. The van der Waals surface area contributed by atoms with Crippen molar-refractivity contribution in [2.45, 2.75) is 38.1 Å². The molecule has 0 amide bonds. The summed E-state index contributed by atoms with van der Waals surface area (Å²) in [6.45, 7) is 2.33. The van der Waals surface area contributed by atoms with Crippen molar-refractivity contribution < 1.29 is 20.1 Å². The summed E-state index contributed by atoms with van der Waals surface area (Å²) in [6, 6.07) is 38.5. The molecule has 1 fully saturated rings. The molecule has 3 heterocycles. The quantitative estimate of drug-likeness (QED) is 0.172. The molecule has 4 nitrogen and oxygen atoms in total. The van der Waals surface area contributed by atoms with Crippen LogP contribution in [0.25, 0.3) is 22.0 Å². The van der Waals surface area contributed by atoms with E-state index in [0.717, 1.165) is 16.9 Å². The van der Waals surface area contributed by atoms with E-state index in [-0.39, 0.29) is 20.1 Å². The molecule has 0 radical (unpaired) electrons. The van der Waals surface area contributed by atoms with Crippen molar-refractivity contribution in [1.29, 1.82) is 0 Å². The van der Waals surface area contributed by atoms with Gasteiger partial charge in [0.25, 0.3) is 0 Å². The fourth-order valence-electron chi connectivity index (χ4n) is 6.21. The number of hydrogen-bond donors (Lipinski definition) is 0. The zero-order valence-electron chi connectivity index (χ0n) is 22.6. The van der Waals surface area contributed by atoms with Crippen molar-refractivity contribution in [3.8, 4) is 11.3 Å². The number of benzene rings is 4. The van der Waals surface area contributed by atoms with Gasteiger partial charge in [0.15, 0.2) is 0 Å². The van der Waals surface area contributed by atoms with E-state index in [2.05, 4.69) is 94.1 Å². The molecule has 200 valence electrons. The molecule has 1 saturated carbocycles. The van der Waals surface area contributed by atoms with Crippen LogP contribution in [0.2, 0.25) is 0 Å². The first-order chi connectivity index (χ1) is 19.3. The van der Waals surface area contributed by atoms with E-state index >= 15 is 0 Å². The van der Waals surface area contributed by atoms with Crippen LogP contribution < -0.4 is 14.7 Å². The first kappa shape index (κ1) is 26.6. The second kappa shape index (κ2) is 11.4. The minimum absolute atomic E-state index is 0. The van der Waals surface area contributed by atoms with Gasteiger partial charge in [-0.2, -0.15) is 18.8 Å². The fraction of sp³-hybridized carbons (Fsp3) is 0.200. The summed E-state index contributed by atoms with van der Waals surface area (Å²) in [5.41, 5.74) is 8.35. The topological polar surface area (TPSA) is 22.6 Å². The molecule has 0 saturated heterocycles. The summed E-state index contributed by atoms with van der Waals surface area (Å²) in [5, 5.41) is 2.53. The number of pyridine rings is 1. The predicted octanol–water partition coefficient (Wildman–Crippen LogP) is 8.68. The van der Waals surface area contributed by atoms with Crippen molar-refractivity contribution in [2.24, 2.45) is 0 Å². The summed E-state index contributed by atoms with van der Waals surface area (Å²) in [6.07, 6.45) is 8.44. The zero-order valence-corrected chi connectivity index (χ0v) is 24.9. The van der Waals surface area contributed by atoms with Gasteiger partial charge < -0.3 is 19.7 Å². The molecule has 8 rings (SSSR count). The Kier molecular flexibility index (Phi) is 7.60. The van der Waals surface area contributed by atoms with Crippen LogP contribution in [0.4, 0.5) is 28.4 Å². The summed E-state index contributed by atoms with van der Waals surface area (Å²) in [7, 11) is 2.19. The average Bonchev–Trinajstić information content (AvgIpc) is 3.42. The third kappa shape index (κ3) is 4.68. The van der Waals surface area contributed by atoms with Crippen LogP contribution >= 0.6 is 0 Å². The van der Waals surface area contributed by atoms with Crippen LogP contribution in [0.5, 0.6) is 0 Å². The number of fused-ring (bicyclic) bond motifs is 4. The Morgan fingerprint density at radius 1 is 0.800 bits per heavy atom. The average molecular weight is 700 g/mol. The van der Waals surface area contributed by atoms with Gasteiger partial charge in [-0.15, -0.1) is 52.7 Å². The SMILES string of the molecule is CN1c2cccc3c2N([CH-]N3C2CCCCC2)c2[c-]cc3ccccc3c21.[Ir+3].[c-]1ccccc1-c1ccccn1. The van der Waals surface area contributed by atoms with E-state index in [9.17, 15) is 0 Å². The third-order valence-electron chi connectivity index (χ3n) is 8.11. The molecule has 0 atom stereocenters. The second-order valence-corrected chi connectivity index (χ2v) is 10.5. The van der Waals surface area contributed by atoms with Crippen molar-refractivity contribution in [2.75, 3.05) is 21.7 Å².